The Morgan fingerprint density at radius 2 is 0.864 bits per heavy atom. The van der Waals surface area contributed by atoms with Gasteiger partial charge in [-0.2, -0.15) is 0 Å². The predicted octanol–water partition coefficient (Wildman–Crippen LogP) is 3.67. The van der Waals surface area contributed by atoms with Gasteiger partial charge < -0.3 is 5.11 Å². The van der Waals surface area contributed by atoms with Crippen LogP contribution in [0.4, 0.5) is 0 Å². The highest BCUT2D eigenvalue weighted by Crippen LogP contribution is 2.48. The molecule has 2 heteroatoms. The van der Waals surface area contributed by atoms with Gasteiger partial charge in [0.15, 0.2) is 0 Å². The van der Waals surface area contributed by atoms with Crippen LogP contribution in [0.25, 0.3) is 0 Å². The van der Waals surface area contributed by atoms with E-state index in [9.17, 15) is 5.11 Å². The van der Waals surface area contributed by atoms with Gasteiger partial charge in [-0.15, -0.1) is 5.75 Å². The number of hydrogen-bond acceptors (Lipinski definition) is 1. The summed E-state index contributed by atoms with van der Waals surface area (Å²) >= 11 is 0. The zero-order chi connectivity index (χ0) is 15.8. The Kier molecular flexibility index (Phi) is 5.75. The maximum Gasteiger partial charge on any atom is 0.0985 e. The van der Waals surface area contributed by atoms with Crippen LogP contribution in [0.3, 0.4) is 0 Å². The smallest absolute Gasteiger partial charge is 0.0985 e. The molecular weight excluding hydrogens is 287 g/mol. The lowest BCUT2D eigenvalue weighted by Gasteiger charge is -2.17. The van der Waals surface area contributed by atoms with E-state index in [2.05, 4.69) is 74.0 Å². The third-order valence-electron chi connectivity index (χ3n) is 3.55. The van der Waals surface area contributed by atoms with Gasteiger partial charge in [-0.05, 0) is 24.3 Å². The second kappa shape index (κ2) is 7.77. The second-order valence-corrected chi connectivity index (χ2v) is 9.38. The lowest BCUT2D eigenvalue weighted by atomic mass is 10.3. The summed E-state index contributed by atoms with van der Waals surface area (Å²) in [5.74, 6) is 0.0718. The van der Waals surface area contributed by atoms with Gasteiger partial charge in [-0.25, -0.2) is 0 Å². The highest BCUT2D eigenvalue weighted by Gasteiger charge is 2.30. The van der Waals surface area contributed by atoms with Crippen molar-refractivity contribution in [1.29, 1.82) is 0 Å². The number of para-hydroxylation sites is 1. The number of benzene rings is 3. The van der Waals surface area contributed by atoms with Gasteiger partial charge in [-0.1, -0.05) is 66.7 Å². The maximum atomic E-state index is 10.3. The molecule has 3 aromatic rings. The summed E-state index contributed by atoms with van der Waals surface area (Å²) in [4.78, 5) is 0. The van der Waals surface area contributed by atoms with E-state index in [4.69, 9.17) is 0 Å². The molecule has 3 rings (SSSR count). The van der Waals surface area contributed by atoms with Crippen molar-refractivity contribution in [3.8, 4) is 5.75 Å². The lowest BCUT2D eigenvalue weighted by Crippen LogP contribution is -2.19. The van der Waals surface area contributed by atoms with Crippen LogP contribution in [0.15, 0.2) is 91.0 Å². The molecule has 0 unspecified atom stereocenters. The quantitative estimate of drug-likeness (QED) is 0.662. The maximum absolute atomic E-state index is 10.3. The second-order valence-electron chi connectivity index (χ2n) is 5.44. The van der Waals surface area contributed by atoms with E-state index in [1.54, 1.807) is 12.1 Å². The van der Waals surface area contributed by atoms with Crippen molar-refractivity contribution in [1.82, 2.24) is 0 Å². The Labute approximate surface area is 133 Å². The SMILES string of the molecule is C[P+](C)(c1ccccc1)c1ccccc1.[O-]c1ccccc1. The number of rotatable bonds is 2. The molecule has 0 spiro atoms. The Morgan fingerprint density at radius 1 is 0.545 bits per heavy atom. The highest BCUT2D eigenvalue weighted by molar-refractivity contribution is 7.88. The molecule has 0 saturated carbocycles. The molecule has 0 aliphatic rings. The summed E-state index contributed by atoms with van der Waals surface area (Å²) in [7, 11) is -1.15. The molecule has 22 heavy (non-hydrogen) atoms. The molecule has 1 nitrogen and oxygen atoms in total. The Bertz CT molecular complexity index is 622. The van der Waals surface area contributed by atoms with Gasteiger partial charge in [0, 0.05) is 0 Å². The average Bonchev–Trinajstić information content (AvgIpc) is 2.58. The van der Waals surface area contributed by atoms with E-state index >= 15 is 0 Å². The largest absolute Gasteiger partial charge is 0.872 e. The van der Waals surface area contributed by atoms with Crippen molar-refractivity contribution in [2.75, 3.05) is 13.3 Å². The van der Waals surface area contributed by atoms with Crippen LogP contribution in [-0.4, -0.2) is 13.3 Å². The van der Waals surface area contributed by atoms with Crippen LogP contribution in [0.1, 0.15) is 0 Å². The fourth-order valence-electron chi connectivity index (χ4n) is 2.17. The molecule has 0 aromatic heterocycles. The van der Waals surface area contributed by atoms with E-state index in [0.717, 1.165) is 0 Å². The minimum atomic E-state index is -1.15. The molecule has 0 N–H and O–H groups in total. The fraction of sp³-hybridized carbons (Fsp3) is 0.100. The first-order chi connectivity index (χ1) is 10.6. The molecule has 0 atom stereocenters. The van der Waals surface area contributed by atoms with Crippen molar-refractivity contribution in [2.24, 2.45) is 0 Å². The first-order valence-corrected chi connectivity index (χ1v) is 9.96. The molecular formula is C20H21OP. The van der Waals surface area contributed by atoms with E-state index in [1.807, 2.05) is 6.07 Å². The normalized spacial score (nSPS) is 10.5. The molecule has 0 saturated heterocycles. The van der Waals surface area contributed by atoms with Crippen molar-refractivity contribution in [3.05, 3.63) is 91.0 Å². The minimum Gasteiger partial charge on any atom is -0.872 e. The molecule has 0 fully saturated rings. The zero-order valence-corrected chi connectivity index (χ0v) is 13.9. The van der Waals surface area contributed by atoms with Crippen LogP contribution in [0.2, 0.25) is 0 Å². The molecule has 0 aliphatic heterocycles. The van der Waals surface area contributed by atoms with Gasteiger partial charge >= 0.3 is 0 Å². The molecule has 0 aliphatic carbocycles. The summed E-state index contributed by atoms with van der Waals surface area (Å²) < 4.78 is 0. The van der Waals surface area contributed by atoms with Crippen molar-refractivity contribution in [3.63, 3.8) is 0 Å². The topological polar surface area (TPSA) is 23.1 Å². The molecule has 0 amide bonds. The summed E-state index contributed by atoms with van der Waals surface area (Å²) in [6, 6.07) is 29.9. The first kappa shape index (κ1) is 16.3. The monoisotopic (exact) mass is 308 g/mol. The summed E-state index contributed by atoms with van der Waals surface area (Å²) in [6.45, 7) is 4.75. The van der Waals surface area contributed by atoms with Gasteiger partial charge in [0.05, 0.1) is 31.2 Å². The Hall–Kier alpha value is -2.11. The van der Waals surface area contributed by atoms with Crippen LogP contribution < -0.4 is 15.7 Å². The van der Waals surface area contributed by atoms with Crippen LogP contribution in [0, 0.1) is 0 Å². The minimum absolute atomic E-state index is 0.0718. The summed E-state index contributed by atoms with van der Waals surface area (Å²) in [5.41, 5.74) is 0. The standard InChI is InChI=1S/C14H16P.C6H6O/c1-15(2,13-9-5-3-6-10-13)14-11-7-4-8-12-14;7-6-4-2-1-3-5-6/h3-12H,1-2H3;1-5,7H/q+1;/p-1. The van der Waals surface area contributed by atoms with Crippen LogP contribution in [0.5, 0.6) is 5.75 Å². The van der Waals surface area contributed by atoms with Crippen molar-refractivity contribution >= 4 is 17.9 Å². The molecule has 0 heterocycles. The van der Waals surface area contributed by atoms with Crippen molar-refractivity contribution in [2.45, 2.75) is 0 Å². The third kappa shape index (κ3) is 4.44. The van der Waals surface area contributed by atoms with Gasteiger partial charge in [0.2, 0.25) is 0 Å². The van der Waals surface area contributed by atoms with Gasteiger partial charge in [0.25, 0.3) is 0 Å². The van der Waals surface area contributed by atoms with E-state index in [-0.39, 0.29) is 5.75 Å². The molecule has 112 valence electrons. The van der Waals surface area contributed by atoms with Crippen LogP contribution in [-0.2, 0) is 0 Å². The zero-order valence-electron chi connectivity index (χ0n) is 13.0. The fourth-order valence-corrected chi connectivity index (χ4v) is 4.30. The molecule has 0 bridgehead atoms. The van der Waals surface area contributed by atoms with Crippen LogP contribution >= 0.6 is 7.26 Å². The number of hydrogen-bond donors (Lipinski definition) is 0. The molecule has 3 aromatic carbocycles. The van der Waals surface area contributed by atoms with Crippen molar-refractivity contribution < 1.29 is 5.11 Å². The van der Waals surface area contributed by atoms with E-state index in [1.165, 1.54) is 22.7 Å². The Balaban J connectivity index is 0.000000211. The van der Waals surface area contributed by atoms with Gasteiger partial charge in [0.1, 0.15) is 0 Å². The van der Waals surface area contributed by atoms with E-state index < -0.39 is 7.26 Å². The lowest BCUT2D eigenvalue weighted by molar-refractivity contribution is -0.268. The summed E-state index contributed by atoms with van der Waals surface area (Å²) in [5, 5.41) is 13.2. The third-order valence-corrected chi connectivity index (χ3v) is 6.72. The average molecular weight is 308 g/mol. The predicted molar refractivity (Wildman–Crippen MR) is 96.8 cm³/mol. The highest BCUT2D eigenvalue weighted by atomic mass is 31.2. The van der Waals surface area contributed by atoms with Gasteiger partial charge in [-0.3, -0.25) is 0 Å². The summed E-state index contributed by atoms with van der Waals surface area (Å²) in [6.07, 6.45) is 0. The molecule has 0 radical (unpaired) electrons. The Morgan fingerprint density at radius 3 is 1.14 bits per heavy atom. The first-order valence-electron chi connectivity index (χ1n) is 7.28. The van der Waals surface area contributed by atoms with E-state index in [0.29, 0.717) is 0 Å².